The maximum Gasteiger partial charge on any atom is 0.291 e. The summed E-state index contributed by atoms with van der Waals surface area (Å²) in [6.07, 6.45) is 0. The molecule has 0 aliphatic carbocycles. The van der Waals surface area contributed by atoms with Crippen LogP contribution >= 0.6 is 15.9 Å². The van der Waals surface area contributed by atoms with Crippen LogP contribution in [0.4, 0.5) is 5.69 Å². The molecule has 0 saturated heterocycles. The second-order valence-electron chi connectivity index (χ2n) is 4.14. The van der Waals surface area contributed by atoms with Gasteiger partial charge in [-0.05, 0) is 0 Å². The van der Waals surface area contributed by atoms with Crippen LogP contribution in [0.15, 0.2) is 22.7 Å². The molecule has 1 aromatic rings. The Bertz CT molecular complexity index is 457. The number of hydrogen-bond donors (Lipinski definition) is 1. The summed E-state index contributed by atoms with van der Waals surface area (Å²) in [6, 6.07) is 5.43. The maximum absolute atomic E-state index is 10.7. The number of nitro groups is 1. The molecule has 0 bridgehead atoms. The smallest absolute Gasteiger partial charge is 0.291 e. The first-order chi connectivity index (χ1) is 8.05. The SMILES string of the molecule is C[As+](C)(C)c1ccc(Br)c([N+](=O)[O-])c1.O=[N+]([O-])O. The van der Waals surface area contributed by atoms with Crippen molar-refractivity contribution in [3.8, 4) is 0 Å². The van der Waals surface area contributed by atoms with Gasteiger partial charge in [-0.1, -0.05) is 0 Å². The quantitative estimate of drug-likeness (QED) is 0.479. The van der Waals surface area contributed by atoms with Gasteiger partial charge in [0, 0.05) is 0 Å². The molecule has 0 fully saturated rings. The Kier molecular flexibility index (Phi) is 6.28. The molecular weight excluding hydrogens is 371 g/mol. The number of benzene rings is 1. The van der Waals surface area contributed by atoms with Crippen molar-refractivity contribution in [3.63, 3.8) is 0 Å². The molecule has 1 aromatic carbocycles. The number of rotatable bonds is 2. The van der Waals surface area contributed by atoms with Crippen LogP contribution in [0.5, 0.6) is 0 Å². The van der Waals surface area contributed by atoms with Crippen molar-refractivity contribution in [1.29, 1.82) is 0 Å². The molecule has 0 aliphatic heterocycles. The Morgan fingerprint density at radius 1 is 1.22 bits per heavy atom. The minimum Gasteiger partial charge on any atom is -0.328 e. The molecule has 0 radical (unpaired) electrons. The Morgan fingerprint density at radius 3 is 2.00 bits per heavy atom. The van der Waals surface area contributed by atoms with Gasteiger partial charge in [-0.2, -0.15) is 0 Å². The predicted octanol–water partition coefficient (Wildman–Crippen LogP) is 2.55. The normalized spacial score (nSPS) is 10.2. The molecule has 1 rings (SSSR count). The summed E-state index contributed by atoms with van der Waals surface area (Å²) in [5.74, 6) is 0. The fourth-order valence-corrected chi connectivity index (χ4v) is 3.61. The van der Waals surface area contributed by atoms with E-state index in [-0.39, 0.29) is 10.6 Å². The second-order valence-corrected chi connectivity index (χ2v) is 14.5. The minimum absolute atomic E-state index is 0.166. The number of nitrogens with zero attached hydrogens (tertiary/aromatic N) is 2. The Balaban J connectivity index is 0.000000631. The molecule has 0 unspecified atom stereocenters. The molecule has 100 valence electrons. The van der Waals surface area contributed by atoms with Crippen molar-refractivity contribution in [2.75, 3.05) is 0 Å². The third kappa shape index (κ3) is 5.97. The van der Waals surface area contributed by atoms with Crippen LogP contribution in [0.2, 0.25) is 17.1 Å². The van der Waals surface area contributed by atoms with E-state index in [1.54, 1.807) is 12.1 Å². The van der Waals surface area contributed by atoms with Crippen molar-refractivity contribution in [3.05, 3.63) is 42.9 Å². The maximum atomic E-state index is 10.7. The predicted molar refractivity (Wildman–Crippen MR) is 72.6 cm³/mol. The third-order valence-corrected chi connectivity index (χ3v) is 6.41. The molecule has 18 heavy (non-hydrogen) atoms. The zero-order valence-electron chi connectivity index (χ0n) is 10.0. The summed E-state index contributed by atoms with van der Waals surface area (Å²) in [7, 11) is 0. The molecule has 0 saturated carbocycles. The zero-order chi connectivity index (χ0) is 14.5. The van der Waals surface area contributed by atoms with Crippen molar-refractivity contribution in [2.24, 2.45) is 0 Å². The average molecular weight is 384 g/mol. The van der Waals surface area contributed by atoms with Crippen LogP contribution in [0.3, 0.4) is 0 Å². The van der Waals surface area contributed by atoms with Gasteiger partial charge in [0.05, 0.1) is 0 Å². The van der Waals surface area contributed by atoms with E-state index < -0.39 is 18.6 Å². The summed E-state index contributed by atoms with van der Waals surface area (Å²) in [4.78, 5) is 18.7. The zero-order valence-corrected chi connectivity index (χ0v) is 13.5. The first-order valence-electron chi connectivity index (χ1n) is 4.65. The first-order valence-corrected chi connectivity index (χ1v) is 12.0. The molecule has 0 amide bonds. The number of halogens is 1. The summed E-state index contributed by atoms with van der Waals surface area (Å²) in [5.41, 5.74) is 6.76. The van der Waals surface area contributed by atoms with E-state index >= 15 is 0 Å². The Labute approximate surface area is 115 Å². The first kappa shape index (κ1) is 16.9. The molecule has 0 atom stereocenters. The molecule has 0 heterocycles. The van der Waals surface area contributed by atoms with E-state index in [2.05, 4.69) is 33.1 Å². The van der Waals surface area contributed by atoms with E-state index in [9.17, 15) is 10.1 Å². The Hall–Kier alpha value is -1.14. The molecule has 9 heteroatoms. The fraction of sp³-hybridized carbons (Fsp3) is 0.333. The van der Waals surface area contributed by atoms with Gasteiger partial charge < -0.3 is 5.21 Å². The van der Waals surface area contributed by atoms with Gasteiger partial charge in [-0.15, -0.1) is 10.1 Å². The number of nitro benzene ring substituents is 1. The standard InChI is InChI=1S/C9H12AsBrNO2.HNO3/c1-10(2,3)7-4-5-8(11)9(6-7)12(13)14;2-1(3)4/h4-6H,1-3H3;(H,2,3,4)/q+1;. The van der Waals surface area contributed by atoms with E-state index in [0.29, 0.717) is 4.47 Å². The third-order valence-electron chi connectivity index (χ3n) is 1.90. The van der Waals surface area contributed by atoms with Crippen LogP contribution in [0.25, 0.3) is 0 Å². The summed E-state index contributed by atoms with van der Waals surface area (Å²) in [6.45, 7) is 0. The largest absolute Gasteiger partial charge is 0.328 e. The minimum atomic E-state index is -1.79. The molecule has 0 aliphatic rings. The molecule has 0 aromatic heterocycles. The molecule has 0 spiro atoms. The van der Waals surface area contributed by atoms with Gasteiger partial charge in [-0.3, -0.25) is 0 Å². The van der Waals surface area contributed by atoms with Crippen molar-refractivity contribution < 1.29 is 15.2 Å². The van der Waals surface area contributed by atoms with E-state index in [1.165, 1.54) is 0 Å². The monoisotopic (exact) mass is 383 g/mol. The van der Waals surface area contributed by atoms with Gasteiger partial charge in [0.15, 0.2) is 0 Å². The summed E-state index contributed by atoms with van der Waals surface area (Å²) < 4.78 is 1.69. The van der Waals surface area contributed by atoms with Crippen LogP contribution in [0.1, 0.15) is 0 Å². The van der Waals surface area contributed by atoms with Crippen molar-refractivity contribution >= 4 is 39.5 Å². The molecule has 1 N–H and O–H groups in total. The van der Waals surface area contributed by atoms with Crippen LogP contribution in [0, 0.1) is 20.2 Å². The summed E-state index contributed by atoms with van der Waals surface area (Å²) in [5, 5.41) is 24.3. The van der Waals surface area contributed by atoms with E-state index in [1.807, 2.05) is 6.07 Å². The van der Waals surface area contributed by atoms with E-state index in [4.69, 9.17) is 15.3 Å². The van der Waals surface area contributed by atoms with Gasteiger partial charge in [0.25, 0.3) is 5.09 Å². The van der Waals surface area contributed by atoms with Crippen molar-refractivity contribution in [1.82, 2.24) is 0 Å². The van der Waals surface area contributed by atoms with E-state index in [0.717, 1.165) is 4.35 Å². The van der Waals surface area contributed by atoms with Gasteiger partial charge >= 0.3 is 94.4 Å². The van der Waals surface area contributed by atoms with Gasteiger partial charge in [-0.25, -0.2) is 0 Å². The number of hydrogen-bond acceptors (Lipinski definition) is 4. The average Bonchev–Trinajstić information content (AvgIpc) is 2.14. The van der Waals surface area contributed by atoms with Gasteiger partial charge in [0.2, 0.25) is 0 Å². The fourth-order valence-electron chi connectivity index (χ4n) is 1.06. The Morgan fingerprint density at radius 2 is 1.67 bits per heavy atom. The molecular formula is C9H13AsBrN2O5+. The second kappa shape index (κ2) is 6.70. The van der Waals surface area contributed by atoms with Crippen molar-refractivity contribution in [2.45, 2.75) is 17.1 Å². The topological polar surface area (TPSA) is 107 Å². The van der Waals surface area contributed by atoms with Gasteiger partial charge in [0.1, 0.15) is 0 Å². The molecule has 7 nitrogen and oxygen atoms in total. The van der Waals surface area contributed by atoms with Crippen LogP contribution in [-0.2, 0) is 0 Å². The van der Waals surface area contributed by atoms with Crippen LogP contribution in [-0.4, -0.2) is 28.8 Å². The van der Waals surface area contributed by atoms with Crippen LogP contribution < -0.4 is 4.35 Å². The summed E-state index contributed by atoms with van der Waals surface area (Å²) >= 11 is 1.39.